The average Bonchev–Trinajstić information content (AvgIpc) is 3.35. The molecule has 1 aromatic carbocycles. The summed E-state index contributed by atoms with van der Waals surface area (Å²) in [5.74, 6) is -2.97. The first kappa shape index (κ1) is 25.7. The highest BCUT2D eigenvalue weighted by molar-refractivity contribution is 7.09. The van der Waals surface area contributed by atoms with Gasteiger partial charge in [0.2, 0.25) is 0 Å². The molecule has 1 aliphatic rings. The third kappa shape index (κ3) is 7.04. The molecule has 1 amide bonds. The number of rotatable bonds is 9. The summed E-state index contributed by atoms with van der Waals surface area (Å²) in [6.07, 6.45) is -1.33. The molecular weight excluding hydrogens is 449 g/mol. The van der Waals surface area contributed by atoms with Crippen LogP contribution >= 0.6 is 11.3 Å². The van der Waals surface area contributed by atoms with Crippen LogP contribution in [0.1, 0.15) is 63.0 Å². The molecule has 2 aromatic rings. The number of hydrogen-bond acceptors (Lipinski definition) is 4. The monoisotopic (exact) mass is 482 g/mol. The number of carbonyl (C=O) groups is 1. The van der Waals surface area contributed by atoms with Gasteiger partial charge in [-0.3, -0.25) is 4.79 Å². The molecule has 0 saturated carbocycles. The lowest BCUT2D eigenvalue weighted by atomic mass is 9.88. The second kappa shape index (κ2) is 10.6. The van der Waals surface area contributed by atoms with E-state index in [1.165, 1.54) is 14.9 Å². The number of anilines is 1. The zero-order valence-electron chi connectivity index (χ0n) is 19.4. The van der Waals surface area contributed by atoms with Crippen molar-refractivity contribution in [1.29, 1.82) is 0 Å². The van der Waals surface area contributed by atoms with Crippen molar-refractivity contribution in [3.63, 3.8) is 0 Å². The SMILES string of the molecule is CC(C)(C)CCCC(O)c1ccc(N2C(=O)C(C(F)(F)F)CN2CCCc2cccs2)cc1. The van der Waals surface area contributed by atoms with Crippen LogP contribution < -0.4 is 5.01 Å². The van der Waals surface area contributed by atoms with Crippen molar-refractivity contribution < 1.29 is 23.1 Å². The lowest BCUT2D eigenvalue weighted by molar-refractivity contribution is -0.175. The molecule has 1 fully saturated rings. The highest BCUT2D eigenvalue weighted by Crippen LogP contribution is 2.37. The fraction of sp³-hybridized carbons (Fsp3) is 0.560. The molecular formula is C25H33F3N2O2S. The Morgan fingerprint density at radius 1 is 1.12 bits per heavy atom. The molecule has 1 aliphatic heterocycles. The van der Waals surface area contributed by atoms with Gasteiger partial charge in [-0.25, -0.2) is 10.0 Å². The summed E-state index contributed by atoms with van der Waals surface area (Å²) < 4.78 is 40.5. The van der Waals surface area contributed by atoms with Crippen LogP contribution in [0.5, 0.6) is 0 Å². The minimum Gasteiger partial charge on any atom is -0.388 e. The molecule has 0 spiro atoms. The fourth-order valence-corrected chi connectivity index (χ4v) is 4.85. The number of hydrogen-bond donors (Lipinski definition) is 1. The van der Waals surface area contributed by atoms with Gasteiger partial charge >= 0.3 is 6.18 Å². The molecule has 2 unspecified atom stereocenters. The summed E-state index contributed by atoms with van der Waals surface area (Å²) >= 11 is 1.62. The zero-order chi connectivity index (χ0) is 24.2. The van der Waals surface area contributed by atoms with Gasteiger partial charge in [-0.1, -0.05) is 45.4 Å². The maximum absolute atomic E-state index is 13.5. The van der Waals surface area contributed by atoms with E-state index >= 15 is 0 Å². The van der Waals surface area contributed by atoms with Crippen molar-refractivity contribution >= 4 is 22.9 Å². The van der Waals surface area contributed by atoms with Crippen molar-refractivity contribution in [1.82, 2.24) is 5.01 Å². The van der Waals surface area contributed by atoms with E-state index in [2.05, 4.69) is 20.8 Å². The molecule has 3 rings (SSSR count). The second-order valence-corrected chi connectivity index (χ2v) is 10.9. The summed E-state index contributed by atoms with van der Waals surface area (Å²) in [7, 11) is 0. The van der Waals surface area contributed by atoms with Crippen LogP contribution in [0, 0.1) is 11.3 Å². The highest BCUT2D eigenvalue weighted by atomic mass is 32.1. The van der Waals surface area contributed by atoms with E-state index in [9.17, 15) is 23.1 Å². The summed E-state index contributed by atoms with van der Waals surface area (Å²) in [6, 6.07) is 10.6. The number of carbonyl (C=O) groups excluding carboxylic acids is 1. The molecule has 0 bridgehead atoms. The molecule has 0 aliphatic carbocycles. The van der Waals surface area contributed by atoms with Gasteiger partial charge in [0.15, 0.2) is 0 Å². The zero-order valence-corrected chi connectivity index (χ0v) is 20.3. The van der Waals surface area contributed by atoms with E-state index in [1.807, 2.05) is 17.5 Å². The Kier molecular flexibility index (Phi) is 8.24. The number of amides is 1. The van der Waals surface area contributed by atoms with E-state index in [4.69, 9.17) is 0 Å². The van der Waals surface area contributed by atoms with Crippen molar-refractivity contribution in [3.8, 4) is 0 Å². The first-order chi connectivity index (χ1) is 15.5. The number of thiophene rings is 1. The second-order valence-electron chi connectivity index (χ2n) is 9.90. The summed E-state index contributed by atoms with van der Waals surface area (Å²) in [6.45, 7) is 6.45. The van der Waals surface area contributed by atoms with E-state index in [1.54, 1.807) is 35.6 Å². The third-order valence-electron chi connectivity index (χ3n) is 5.92. The van der Waals surface area contributed by atoms with Gasteiger partial charge in [0.05, 0.1) is 11.8 Å². The number of nitrogens with zero attached hydrogens (tertiary/aromatic N) is 2. The molecule has 0 radical (unpaired) electrons. The highest BCUT2D eigenvalue weighted by Gasteiger charge is 2.53. The molecule has 2 atom stereocenters. The topological polar surface area (TPSA) is 43.8 Å². The molecule has 1 saturated heterocycles. The maximum atomic E-state index is 13.5. The number of benzene rings is 1. The number of halogens is 3. The normalized spacial score (nSPS) is 18.8. The first-order valence-electron chi connectivity index (χ1n) is 11.4. The van der Waals surface area contributed by atoms with Gasteiger partial charge in [0.25, 0.3) is 5.91 Å². The number of aryl methyl sites for hydroxylation is 1. The molecule has 33 heavy (non-hydrogen) atoms. The van der Waals surface area contributed by atoms with Crippen molar-refractivity contribution in [2.45, 2.75) is 65.2 Å². The Morgan fingerprint density at radius 2 is 1.82 bits per heavy atom. The Morgan fingerprint density at radius 3 is 2.39 bits per heavy atom. The summed E-state index contributed by atoms with van der Waals surface area (Å²) in [4.78, 5) is 13.9. The summed E-state index contributed by atoms with van der Waals surface area (Å²) in [5.41, 5.74) is 1.30. The molecule has 8 heteroatoms. The minimum atomic E-state index is -4.58. The standard InChI is InChI=1S/C25H33F3N2O2S/c1-24(2,3)14-4-9-22(31)18-10-12-19(13-11-18)30-23(32)21(25(26,27)28)17-29(30)15-5-7-20-8-6-16-33-20/h6,8,10-13,16,21-22,31H,4-5,7,9,14-15,17H2,1-3H3. The molecule has 182 valence electrons. The molecule has 2 heterocycles. The van der Waals surface area contributed by atoms with Crippen LogP contribution in [-0.2, 0) is 11.2 Å². The van der Waals surface area contributed by atoms with Gasteiger partial charge in [-0.15, -0.1) is 11.3 Å². The smallest absolute Gasteiger partial charge is 0.388 e. The Balaban J connectivity index is 1.69. The van der Waals surface area contributed by atoms with E-state index in [0.29, 0.717) is 30.6 Å². The van der Waals surface area contributed by atoms with Gasteiger partial charge in [-0.05, 0) is 60.2 Å². The number of aliphatic hydroxyl groups is 1. The van der Waals surface area contributed by atoms with E-state index < -0.39 is 24.1 Å². The third-order valence-corrected chi connectivity index (χ3v) is 6.86. The van der Waals surface area contributed by atoms with Crippen LogP contribution in [0.3, 0.4) is 0 Å². The predicted molar refractivity (Wildman–Crippen MR) is 126 cm³/mol. The van der Waals surface area contributed by atoms with Crippen LogP contribution in [0.25, 0.3) is 0 Å². The quantitative estimate of drug-likeness (QED) is 0.451. The fourth-order valence-electron chi connectivity index (χ4n) is 4.10. The number of alkyl halides is 3. The molecule has 4 nitrogen and oxygen atoms in total. The van der Waals surface area contributed by atoms with Crippen molar-refractivity contribution in [2.24, 2.45) is 11.3 Å². The average molecular weight is 483 g/mol. The van der Waals surface area contributed by atoms with Crippen LogP contribution in [0.15, 0.2) is 41.8 Å². The predicted octanol–water partition coefficient (Wildman–Crippen LogP) is 6.37. The van der Waals surface area contributed by atoms with Gasteiger partial charge < -0.3 is 5.11 Å². The summed E-state index contributed by atoms with van der Waals surface area (Å²) in [5, 5.41) is 15.1. The van der Waals surface area contributed by atoms with Gasteiger partial charge in [0, 0.05) is 18.0 Å². The Bertz CT molecular complexity index is 892. The number of aliphatic hydroxyl groups excluding tert-OH is 1. The first-order valence-corrected chi connectivity index (χ1v) is 12.3. The molecule has 1 N–H and O–H groups in total. The molecule has 1 aromatic heterocycles. The van der Waals surface area contributed by atoms with Crippen LogP contribution in [0.2, 0.25) is 0 Å². The minimum absolute atomic E-state index is 0.196. The van der Waals surface area contributed by atoms with Crippen molar-refractivity contribution in [3.05, 3.63) is 52.2 Å². The van der Waals surface area contributed by atoms with Crippen molar-refractivity contribution in [2.75, 3.05) is 18.1 Å². The maximum Gasteiger partial charge on any atom is 0.401 e. The van der Waals surface area contributed by atoms with Gasteiger partial charge in [-0.2, -0.15) is 13.2 Å². The van der Waals surface area contributed by atoms with E-state index in [-0.39, 0.29) is 12.0 Å². The van der Waals surface area contributed by atoms with E-state index in [0.717, 1.165) is 19.3 Å². The van der Waals surface area contributed by atoms with Crippen LogP contribution in [-0.4, -0.2) is 35.3 Å². The van der Waals surface area contributed by atoms with Crippen LogP contribution in [0.4, 0.5) is 18.9 Å². The lowest BCUT2D eigenvalue weighted by Gasteiger charge is -2.28. The Labute approximate surface area is 198 Å². The number of hydrazine groups is 1. The Hall–Kier alpha value is -1.90. The van der Waals surface area contributed by atoms with Gasteiger partial charge in [0.1, 0.15) is 5.92 Å². The lowest BCUT2D eigenvalue weighted by Crippen LogP contribution is -2.40. The largest absolute Gasteiger partial charge is 0.401 e.